The molecule has 0 aliphatic heterocycles. The first kappa shape index (κ1) is 20.7. The lowest BCUT2D eigenvalue weighted by Crippen LogP contribution is -2.19. The van der Waals surface area contributed by atoms with Gasteiger partial charge in [0.25, 0.3) is 0 Å². The highest BCUT2D eigenvalue weighted by Gasteiger charge is 2.17. The Balaban J connectivity index is 1.98. The first-order valence-electron chi connectivity index (χ1n) is 7.80. The van der Waals surface area contributed by atoms with Crippen LogP contribution in [-0.2, 0) is 26.1 Å². The maximum absolute atomic E-state index is 12.1. The summed E-state index contributed by atoms with van der Waals surface area (Å²) >= 11 is 1.20. The molecule has 27 heavy (non-hydrogen) atoms. The third-order valence-corrected chi connectivity index (χ3v) is 5.97. The molecular weight excluding hydrogens is 392 g/mol. The maximum atomic E-state index is 12.1. The molecule has 0 spiro atoms. The molecule has 2 rings (SSSR count). The smallest absolute Gasteiger partial charge is 0.338 e. The Bertz CT molecular complexity index is 965. The lowest BCUT2D eigenvalue weighted by Gasteiger charge is -2.06. The van der Waals surface area contributed by atoms with Crippen LogP contribution in [0.15, 0.2) is 41.3 Å². The van der Waals surface area contributed by atoms with Gasteiger partial charge >= 0.3 is 5.97 Å². The van der Waals surface area contributed by atoms with E-state index in [-0.39, 0.29) is 22.1 Å². The zero-order valence-electron chi connectivity index (χ0n) is 14.6. The van der Waals surface area contributed by atoms with E-state index in [0.717, 1.165) is 4.88 Å². The summed E-state index contributed by atoms with van der Waals surface area (Å²) in [6.07, 6.45) is 0. The Hall–Kier alpha value is -2.56. The lowest BCUT2D eigenvalue weighted by atomic mass is 10.2. The van der Waals surface area contributed by atoms with Crippen LogP contribution in [0.5, 0.6) is 0 Å². The van der Waals surface area contributed by atoms with E-state index in [1.807, 2.05) is 0 Å². The van der Waals surface area contributed by atoms with Crippen molar-refractivity contribution in [1.82, 2.24) is 10.0 Å². The van der Waals surface area contributed by atoms with Gasteiger partial charge in [-0.3, -0.25) is 9.59 Å². The van der Waals surface area contributed by atoms with Gasteiger partial charge in [0.1, 0.15) is 0 Å². The number of esters is 1. The molecule has 0 aliphatic rings. The largest absolute Gasteiger partial charge is 0.454 e. The summed E-state index contributed by atoms with van der Waals surface area (Å²) in [5.41, 5.74) is 0.0247. The van der Waals surface area contributed by atoms with Crippen molar-refractivity contribution in [3.63, 3.8) is 0 Å². The van der Waals surface area contributed by atoms with Gasteiger partial charge in [0.2, 0.25) is 21.7 Å². The molecule has 1 heterocycles. The van der Waals surface area contributed by atoms with Crippen LogP contribution in [0.3, 0.4) is 0 Å². The van der Waals surface area contributed by atoms with Crippen LogP contribution in [0.1, 0.15) is 31.8 Å². The monoisotopic (exact) mass is 410 g/mol. The van der Waals surface area contributed by atoms with Crippen molar-refractivity contribution in [2.24, 2.45) is 0 Å². The minimum atomic E-state index is -3.69. The lowest BCUT2D eigenvalue weighted by molar-refractivity contribution is -0.119. The Labute approximate surface area is 160 Å². The number of ketones is 1. The van der Waals surface area contributed by atoms with Crippen LogP contribution < -0.4 is 10.0 Å². The average Bonchev–Trinajstić information content (AvgIpc) is 3.13. The molecule has 1 aromatic carbocycles. The first-order valence-corrected chi connectivity index (χ1v) is 10.1. The molecule has 10 heteroatoms. The number of sulfonamides is 1. The van der Waals surface area contributed by atoms with Crippen LogP contribution in [-0.4, -0.2) is 39.7 Å². The zero-order chi connectivity index (χ0) is 20.0. The molecule has 0 saturated carbocycles. The molecule has 0 unspecified atom stereocenters. The molecule has 0 aliphatic carbocycles. The second-order valence-corrected chi connectivity index (χ2v) is 8.47. The Morgan fingerprint density at radius 2 is 1.89 bits per heavy atom. The van der Waals surface area contributed by atoms with E-state index < -0.39 is 22.6 Å². The van der Waals surface area contributed by atoms with Crippen LogP contribution >= 0.6 is 11.3 Å². The van der Waals surface area contributed by atoms with Crippen LogP contribution in [0.4, 0.5) is 0 Å². The van der Waals surface area contributed by atoms with Crippen molar-refractivity contribution in [3.8, 4) is 0 Å². The fourth-order valence-electron chi connectivity index (χ4n) is 2.03. The molecule has 1 amide bonds. The van der Waals surface area contributed by atoms with Crippen molar-refractivity contribution >= 4 is 39.0 Å². The van der Waals surface area contributed by atoms with Gasteiger partial charge in [-0.25, -0.2) is 17.9 Å². The van der Waals surface area contributed by atoms with Gasteiger partial charge < -0.3 is 10.1 Å². The van der Waals surface area contributed by atoms with Crippen LogP contribution in [0.2, 0.25) is 0 Å². The highest BCUT2D eigenvalue weighted by Crippen LogP contribution is 2.18. The molecule has 0 saturated heterocycles. The fourth-order valence-corrected chi connectivity index (χ4v) is 3.68. The van der Waals surface area contributed by atoms with Gasteiger partial charge in [-0.15, -0.1) is 11.3 Å². The number of Topliss-reactive ketones (excluding diaryl/α,β-unsaturated/α-hetero) is 1. The van der Waals surface area contributed by atoms with Gasteiger partial charge in [0.05, 0.1) is 21.9 Å². The van der Waals surface area contributed by atoms with Gasteiger partial charge in [-0.2, -0.15) is 0 Å². The molecule has 0 radical (unpaired) electrons. The number of hydrogen-bond donors (Lipinski definition) is 2. The van der Waals surface area contributed by atoms with Gasteiger partial charge in [-0.05, 0) is 37.4 Å². The number of amides is 1. The second-order valence-electron chi connectivity index (χ2n) is 5.41. The minimum Gasteiger partial charge on any atom is -0.454 e. The molecule has 2 N–H and O–H groups in total. The van der Waals surface area contributed by atoms with Gasteiger partial charge in [-0.1, -0.05) is 6.07 Å². The fraction of sp³-hybridized carbons (Fsp3) is 0.235. The molecule has 0 atom stereocenters. The number of ether oxygens (including phenoxy) is 1. The summed E-state index contributed by atoms with van der Waals surface area (Å²) in [7, 11) is -2.43. The van der Waals surface area contributed by atoms with Crippen LogP contribution in [0.25, 0.3) is 0 Å². The zero-order valence-corrected chi connectivity index (χ0v) is 16.3. The van der Waals surface area contributed by atoms with E-state index in [1.54, 1.807) is 12.1 Å². The summed E-state index contributed by atoms with van der Waals surface area (Å²) < 4.78 is 30.7. The molecule has 0 bridgehead atoms. The number of nitrogens with one attached hydrogen (secondary N) is 2. The predicted molar refractivity (Wildman–Crippen MR) is 99.1 cm³/mol. The SMILES string of the molecule is CNS(=O)(=O)c1cccc(C(=O)OCC(=O)c2ccc(CNC(C)=O)s2)c1. The van der Waals surface area contributed by atoms with Crippen molar-refractivity contribution < 1.29 is 27.5 Å². The first-order chi connectivity index (χ1) is 12.7. The van der Waals surface area contributed by atoms with E-state index in [4.69, 9.17) is 4.74 Å². The van der Waals surface area contributed by atoms with Gasteiger partial charge in [0.15, 0.2) is 6.61 Å². The Kier molecular flexibility index (Phi) is 6.83. The summed E-state index contributed by atoms with van der Waals surface area (Å²) in [6.45, 7) is 1.25. The molecular formula is C17H18N2O6S2. The second kappa shape index (κ2) is 8.89. The Morgan fingerprint density at radius 3 is 2.56 bits per heavy atom. The molecule has 1 aromatic heterocycles. The number of carbonyl (C=O) groups excluding carboxylic acids is 3. The molecule has 8 nitrogen and oxygen atoms in total. The van der Waals surface area contributed by atoms with E-state index in [1.165, 1.54) is 49.6 Å². The highest BCUT2D eigenvalue weighted by atomic mass is 32.2. The van der Waals surface area contributed by atoms with E-state index >= 15 is 0 Å². The molecule has 144 valence electrons. The third kappa shape index (κ3) is 5.71. The van der Waals surface area contributed by atoms with Crippen molar-refractivity contribution in [2.45, 2.75) is 18.4 Å². The number of hydrogen-bond acceptors (Lipinski definition) is 7. The average molecular weight is 410 g/mol. The maximum Gasteiger partial charge on any atom is 0.338 e. The van der Waals surface area contributed by atoms with Gasteiger partial charge in [0, 0.05) is 11.8 Å². The van der Waals surface area contributed by atoms with Crippen LogP contribution in [0, 0.1) is 0 Å². The summed E-state index contributed by atoms with van der Waals surface area (Å²) in [6, 6.07) is 8.64. The van der Waals surface area contributed by atoms with Crippen molar-refractivity contribution in [3.05, 3.63) is 51.7 Å². The van der Waals surface area contributed by atoms with Crippen molar-refractivity contribution in [2.75, 3.05) is 13.7 Å². The van der Waals surface area contributed by atoms with Crippen molar-refractivity contribution in [1.29, 1.82) is 0 Å². The number of thiophene rings is 1. The van der Waals surface area contributed by atoms with E-state index in [9.17, 15) is 22.8 Å². The number of carbonyl (C=O) groups is 3. The number of rotatable bonds is 8. The summed E-state index contributed by atoms with van der Waals surface area (Å²) in [5.74, 6) is -1.36. The van der Waals surface area contributed by atoms with E-state index in [0.29, 0.717) is 11.4 Å². The quantitative estimate of drug-likeness (QED) is 0.501. The van der Waals surface area contributed by atoms with E-state index in [2.05, 4.69) is 10.0 Å². The molecule has 0 fully saturated rings. The predicted octanol–water partition coefficient (Wildman–Crippen LogP) is 1.33. The standard InChI is InChI=1S/C17H18N2O6S2/c1-11(20)19-9-13-6-7-16(26-13)15(21)10-25-17(22)12-4-3-5-14(8-12)27(23,24)18-2/h3-8,18H,9-10H2,1-2H3,(H,19,20). The topological polar surface area (TPSA) is 119 Å². The number of benzene rings is 1. The molecule has 2 aromatic rings. The normalized spacial score (nSPS) is 11.0. The summed E-state index contributed by atoms with van der Waals surface area (Å²) in [5, 5.41) is 2.63. The summed E-state index contributed by atoms with van der Waals surface area (Å²) in [4.78, 5) is 36.3. The third-order valence-electron chi connectivity index (χ3n) is 3.43. The Morgan fingerprint density at radius 1 is 1.15 bits per heavy atom. The highest BCUT2D eigenvalue weighted by molar-refractivity contribution is 7.89. The minimum absolute atomic E-state index is 0.0247.